The lowest BCUT2D eigenvalue weighted by atomic mass is 10.4. The fourth-order valence-electron chi connectivity index (χ4n) is 0.950. The molecule has 5 nitrogen and oxygen atoms in total. The van der Waals surface area contributed by atoms with Crippen molar-refractivity contribution in [1.82, 2.24) is 4.98 Å². The Hall–Kier alpha value is -2.13. The molecular weight excluding hydrogens is 214 g/mol. The van der Waals surface area contributed by atoms with E-state index in [1.807, 2.05) is 6.07 Å². The van der Waals surface area contributed by atoms with Crippen LogP contribution < -0.4 is 5.32 Å². The largest absolute Gasteiger partial charge is 0.459 e. The van der Waals surface area contributed by atoms with Gasteiger partial charge in [0.2, 0.25) is 0 Å². The molecule has 0 bridgehead atoms. The van der Waals surface area contributed by atoms with Gasteiger partial charge in [-0.3, -0.25) is 10.1 Å². The number of hydrogen-bond donors (Lipinski definition) is 1. The maximum absolute atomic E-state index is 11.5. The first-order valence-electron chi connectivity index (χ1n) is 4.00. The number of amides is 1. The van der Waals surface area contributed by atoms with Crippen LogP contribution >= 0.6 is 11.3 Å². The number of furan rings is 1. The lowest BCUT2D eigenvalue weighted by Gasteiger charge is -1.96. The predicted molar refractivity (Wildman–Crippen MR) is 53.5 cm³/mol. The van der Waals surface area contributed by atoms with Crippen molar-refractivity contribution in [3.05, 3.63) is 35.2 Å². The van der Waals surface area contributed by atoms with Gasteiger partial charge in [0.1, 0.15) is 10.9 Å². The first-order valence-corrected chi connectivity index (χ1v) is 4.82. The summed E-state index contributed by atoms with van der Waals surface area (Å²) in [6, 6.07) is 5.11. The molecule has 0 aliphatic carbocycles. The van der Waals surface area contributed by atoms with Crippen molar-refractivity contribution in [2.75, 3.05) is 5.32 Å². The molecule has 15 heavy (non-hydrogen) atoms. The van der Waals surface area contributed by atoms with E-state index >= 15 is 0 Å². The Labute approximate surface area is 89.0 Å². The van der Waals surface area contributed by atoms with Crippen LogP contribution in [0.1, 0.15) is 15.4 Å². The predicted octanol–water partition coefficient (Wildman–Crippen LogP) is 1.86. The Morgan fingerprint density at radius 2 is 2.53 bits per heavy atom. The van der Waals surface area contributed by atoms with Crippen LogP contribution in [0.4, 0.5) is 5.13 Å². The number of carbonyl (C=O) groups excluding carboxylic acids is 1. The maximum atomic E-state index is 11.5. The molecule has 0 unspecified atom stereocenters. The van der Waals surface area contributed by atoms with Crippen molar-refractivity contribution in [3.63, 3.8) is 0 Å². The van der Waals surface area contributed by atoms with E-state index < -0.39 is 0 Å². The summed E-state index contributed by atoms with van der Waals surface area (Å²) in [4.78, 5) is 15.8. The van der Waals surface area contributed by atoms with E-state index in [1.54, 1.807) is 12.1 Å². The Kier molecular flexibility index (Phi) is 2.48. The minimum absolute atomic E-state index is 0.212. The Balaban J connectivity index is 2.10. The first-order chi connectivity index (χ1) is 7.29. The average molecular weight is 219 g/mol. The third kappa shape index (κ3) is 2.03. The molecule has 1 amide bonds. The maximum Gasteiger partial charge on any atom is 0.293 e. The molecule has 1 N–H and O–H groups in total. The molecule has 0 fully saturated rings. The van der Waals surface area contributed by atoms with E-state index in [9.17, 15) is 4.79 Å². The van der Waals surface area contributed by atoms with Crippen molar-refractivity contribution >= 4 is 22.4 Å². The molecule has 2 rings (SSSR count). The quantitative estimate of drug-likeness (QED) is 0.836. The summed E-state index contributed by atoms with van der Waals surface area (Å²) in [6.45, 7) is 0. The van der Waals surface area contributed by atoms with Crippen LogP contribution in [0.15, 0.2) is 29.0 Å². The lowest BCUT2D eigenvalue weighted by molar-refractivity contribution is 0.0996. The van der Waals surface area contributed by atoms with Crippen LogP contribution in [0.2, 0.25) is 0 Å². The van der Waals surface area contributed by atoms with Gasteiger partial charge in [0.05, 0.1) is 12.5 Å². The van der Waals surface area contributed by atoms with Crippen molar-refractivity contribution in [2.24, 2.45) is 0 Å². The molecule has 74 valence electrons. The molecule has 2 aromatic rings. The Bertz CT molecular complexity index is 510. The molecule has 0 radical (unpaired) electrons. The van der Waals surface area contributed by atoms with Crippen molar-refractivity contribution in [1.29, 1.82) is 5.26 Å². The Morgan fingerprint density at radius 3 is 3.13 bits per heavy atom. The summed E-state index contributed by atoms with van der Waals surface area (Å²) in [5, 5.41) is 11.5. The van der Waals surface area contributed by atoms with Crippen LogP contribution in [0.5, 0.6) is 0 Å². The molecule has 0 aliphatic heterocycles. The fraction of sp³-hybridized carbons (Fsp3) is 0. The van der Waals surface area contributed by atoms with E-state index in [0.29, 0.717) is 10.0 Å². The second kappa shape index (κ2) is 3.94. The molecule has 0 saturated carbocycles. The normalized spacial score (nSPS) is 9.53. The van der Waals surface area contributed by atoms with E-state index in [4.69, 9.17) is 9.68 Å². The van der Waals surface area contributed by atoms with Crippen molar-refractivity contribution in [3.8, 4) is 6.07 Å². The summed E-state index contributed by atoms with van der Waals surface area (Å²) in [5.41, 5.74) is 0. The summed E-state index contributed by atoms with van der Waals surface area (Å²) < 4.78 is 4.90. The minimum Gasteiger partial charge on any atom is -0.459 e. The SMILES string of the molecule is N#Cc1cnc(NC(=O)c2ccco2)s1. The van der Waals surface area contributed by atoms with Gasteiger partial charge in [-0.1, -0.05) is 11.3 Å². The summed E-state index contributed by atoms with van der Waals surface area (Å²) in [7, 11) is 0. The number of thiazole rings is 1. The number of hydrogen-bond acceptors (Lipinski definition) is 5. The average Bonchev–Trinajstić information content (AvgIpc) is 2.87. The van der Waals surface area contributed by atoms with Gasteiger partial charge in [0, 0.05) is 0 Å². The molecule has 2 aromatic heterocycles. The van der Waals surface area contributed by atoms with Gasteiger partial charge in [-0.25, -0.2) is 4.98 Å². The molecular formula is C9H5N3O2S. The van der Waals surface area contributed by atoms with Gasteiger partial charge in [-0.05, 0) is 12.1 Å². The monoisotopic (exact) mass is 219 g/mol. The number of nitrogens with zero attached hydrogens (tertiary/aromatic N) is 2. The van der Waals surface area contributed by atoms with Gasteiger partial charge in [0.15, 0.2) is 10.9 Å². The van der Waals surface area contributed by atoms with Crippen molar-refractivity contribution < 1.29 is 9.21 Å². The number of aromatic nitrogens is 1. The third-order valence-corrected chi connectivity index (χ3v) is 2.40. The van der Waals surface area contributed by atoms with Crippen LogP contribution in [0.3, 0.4) is 0 Å². The number of nitriles is 1. The number of anilines is 1. The zero-order valence-electron chi connectivity index (χ0n) is 7.43. The Morgan fingerprint density at radius 1 is 1.67 bits per heavy atom. The molecule has 0 aliphatic rings. The van der Waals surface area contributed by atoms with E-state index in [2.05, 4.69) is 10.3 Å². The smallest absolute Gasteiger partial charge is 0.293 e. The fourth-order valence-corrected chi connectivity index (χ4v) is 1.56. The highest BCUT2D eigenvalue weighted by atomic mass is 32.1. The number of rotatable bonds is 2. The summed E-state index contributed by atoms with van der Waals surface area (Å²) in [6.07, 6.45) is 2.82. The zero-order valence-corrected chi connectivity index (χ0v) is 8.25. The second-order valence-corrected chi connectivity index (χ2v) is 3.60. The third-order valence-electron chi connectivity index (χ3n) is 1.58. The van der Waals surface area contributed by atoms with Crippen LogP contribution in [0.25, 0.3) is 0 Å². The number of nitrogens with one attached hydrogen (secondary N) is 1. The van der Waals surface area contributed by atoms with Gasteiger partial charge in [0.25, 0.3) is 5.91 Å². The van der Waals surface area contributed by atoms with Gasteiger partial charge >= 0.3 is 0 Å². The van der Waals surface area contributed by atoms with E-state index in [1.165, 1.54) is 12.5 Å². The number of carbonyl (C=O) groups is 1. The molecule has 0 aromatic carbocycles. The van der Waals surface area contributed by atoms with E-state index in [-0.39, 0.29) is 11.7 Å². The zero-order chi connectivity index (χ0) is 10.7. The molecule has 6 heteroatoms. The summed E-state index contributed by atoms with van der Waals surface area (Å²) >= 11 is 1.11. The minimum atomic E-state index is -0.376. The second-order valence-electron chi connectivity index (χ2n) is 2.57. The lowest BCUT2D eigenvalue weighted by Crippen LogP contribution is -2.10. The topological polar surface area (TPSA) is 78.9 Å². The van der Waals surface area contributed by atoms with Gasteiger partial charge in [-0.2, -0.15) is 5.26 Å². The highest BCUT2D eigenvalue weighted by Gasteiger charge is 2.10. The molecule has 0 saturated heterocycles. The highest BCUT2D eigenvalue weighted by molar-refractivity contribution is 7.16. The highest BCUT2D eigenvalue weighted by Crippen LogP contribution is 2.17. The van der Waals surface area contributed by atoms with Crippen LogP contribution in [-0.2, 0) is 0 Å². The first kappa shape index (κ1) is 9.43. The van der Waals surface area contributed by atoms with Gasteiger partial charge < -0.3 is 4.42 Å². The molecule has 0 spiro atoms. The van der Waals surface area contributed by atoms with Crippen LogP contribution in [-0.4, -0.2) is 10.9 Å². The van der Waals surface area contributed by atoms with E-state index in [0.717, 1.165) is 11.3 Å². The van der Waals surface area contributed by atoms with Crippen molar-refractivity contribution in [2.45, 2.75) is 0 Å². The summed E-state index contributed by atoms with van der Waals surface area (Å²) in [5.74, 6) is -0.164. The molecule has 0 atom stereocenters. The standard InChI is InChI=1S/C9H5N3O2S/c10-4-6-5-11-9(15-6)12-8(13)7-2-1-3-14-7/h1-3,5H,(H,11,12,13). The van der Waals surface area contributed by atoms with Gasteiger partial charge in [-0.15, -0.1) is 0 Å². The molecule has 2 heterocycles. The van der Waals surface area contributed by atoms with Crippen LogP contribution in [0, 0.1) is 11.3 Å².